The number of amides is 1. The number of pyridine rings is 1. The summed E-state index contributed by atoms with van der Waals surface area (Å²) >= 11 is 0. The van der Waals surface area contributed by atoms with Crippen molar-refractivity contribution in [3.05, 3.63) is 142 Å². The minimum absolute atomic E-state index is 0.0449. The van der Waals surface area contributed by atoms with E-state index in [0.29, 0.717) is 13.3 Å². The Kier molecular flexibility index (Phi) is 6.63. The Balaban J connectivity index is 1.56. The van der Waals surface area contributed by atoms with Crippen LogP contribution in [0.25, 0.3) is 0 Å². The second-order valence-corrected chi connectivity index (χ2v) is 9.66. The van der Waals surface area contributed by atoms with E-state index in [-0.39, 0.29) is 41.5 Å². The van der Waals surface area contributed by atoms with Gasteiger partial charge in [0, 0.05) is 23.9 Å². The first kappa shape index (κ1) is 24.6. The van der Waals surface area contributed by atoms with E-state index in [1.165, 1.54) is 6.07 Å². The molecule has 0 fully saturated rings. The van der Waals surface area contributed by atoms with E-state index >= 15 is 0 Å². The molecule has 0 aliphatic carbocycles. The SMILES string of the molecule is CC1/C=C/COc2ccccc2C(c2ccccc2)N2CN1C(=O)c1c(OCc3ccccc3)c(=O)ccn12. The molecule has 3 heterocycles. The Morgan fingerprint density at radius 2 is 1.62 bits per heavy atom. The summed E-state index contributed by atoms with van der Waals surface area (Å²) in [5.74, 6) is 0.546. The minimum atomic E-state index is -0.333. The molecule has 2 aliphatic heterocycles. The van der Waals surface area contributed by atoms with E-state index in [1.54, 1.807) is 15.8 Å². The van der Waals surface area contributed by atoms with Crippen LogP contribution in [-0.2, 0) is 6.61 Å². The molecule has 2 unspecified atom stereocenters. The summed E-state index contributed by atoms with van der Waals surface area (Å²) in [6.07, 6.45) is 5.56. The third-order valence-corrected chi connectivity index (χ3v) is 7.17. The molecular weight excluding hydrogens is 490 g/mol. The molecule has 3 aromatic carbocycles. The van der Waals surface area contributed by atoms with Gasteiger partial charge in [-0.2, -0.15) is 0 Å². The number of benzene rings is 3. The molecule has 7 nitrogen and oxygen atoms in total. The van der Waals surface area contributed by atoms with Crippen molar-refractivity contribution in [3.8, 4) is 11.5 Å². The first-order valence-electron chi connectivity index (χ1n) is 13.1. The van der Waals surface area contributed by atoms with Crippen molar-refractivity contribution < 1.29 is 14.3 Å². The van der Waals surface area contributed by atoms with Crippen LogP contribution in [-0.4, -0.2) is 34.8 Å². The van der Waals surface area contributed by atoms with Crippen molar-refractivity contribution >= 4 is 5.91 Å². The molecule has 39 heavy (non-hydrogen) atoms. The molecule has 2 bridgehead atoms. The summed E-state index contributed by atoms with van der Waals surface area (Å²) in [6, 6.07) is 28.6. The molecule has 1 amide bonds. The molecule has 2 atom stereocenters. The van der Waals surface area contributed by atoms with Crippen LogP contribution >= 0.6 is 0 Å². The van der Waals surface area contributed by atoms with Gasteiger partial charge < -0.3 is 14.4 Å². The number of aromatic nitrogens is 1. The second kappa shape index (κ2) is 10.5. The number of nitrogens with zero attached hydrogens (tertiary/aromatic N) is 3. The van der Waals surface area contributed by atoms with Crippen LogP contribution in [0, 0.1) is 0 Å². The lowest BCUT2D eigenvalue weighted by molar-refractivity contribution is 0.0639. The molecule has 0 saturated heterocycles. The molecular formula is C32H29N3O4. The maximum atomic E-state index is 14.1. The summed E-state index contributed by atoms with van der Waals surface area (Å²) < 4.78 is 14.1. The predicted octanol–water partition coefficient (Wildman–Crippen LogP) is 4.91. The fourth-order valence-electron chi connectivity index (χ4n) is 5.21. The van der Waals surface area contributed by atoms with Gasteiger partial charge in [-0.3, -0.25) is 19.3 Å². The molecule has 0 radical (unpaired) electrons. The molecule has 6 rings (SSSR count). The topological polar surface area (TPSA) is 64.0 Å². The quantitative estimate of drug-likeness (QED) is 0.359. The fourth-order valence-corrected chi connectivity index (χ4v) is 5.21. The minimum Gasteiger partial charge on any atom is -0.489 e. The van der Waals surface area contributed by atoms with Gasteiger partial charge >= 0.3 is 0 Å². The lowest BCUT2D eigenvalue weighted by atomic mass is 9.97. The number of carbonyl (C=O) groups is 1. The van der Waals surface area contributed by atoms with Crippen molar-refractivity contribution in [1.29, 1.82) is 0 Å². The van der Waals surface area contributed by atoms with Gasteiger partial charge in [-0.05, 0) is 30.2 Å². The van der Waals surface area contributed by atoms with Crippen LogP contribution in [0.2, 0.25) is 0 Å². The van der Waals surface area contributed by atoms with Gasteiger partial charge in [-0.1, -0.05) is 84.9 Å². The molecule has 1 aromatic heterocycles. The summed E-state index contributed by atoms with van der Waals surface area (Å²) in [4.78, 5) is 29.0. The number of carbonyl (C=O) groups excluding carboxylic acids is 1. The van der Waals surface area contributed by atoms with Gasteiger partial charge in [-0.15, -0.1) is 0 Å². The zero-order chi connectivity index (χ0) is 26.8. The van der Waals surface area contributed by atoms with E-state index in [1.807, 2.05) is 91.9 Å². The highest BCUT2D eigenvalue weighted by atomic mass is 16.5. The summed E-state index contributed by atoms with van der Waals surface area (Å²) in [6.45, 7) is 2.82. The van der Waals surface area contributed by atoms with Crippen LogP contribution in [0.1, 0.15) is 40.1 Å². The van der Waals surface area contributed by atoms with Crippen molar-refractivity contribution in [1.82, 2.24) is 9.58 Å². The molecule has 4 aromatic rings. The number of ether oxygens (including phenoxy) is 2. The van der Waals surface area contributed by atoms with Gasteiger partial charge in [0.05, 0.1) is 0 Å². The third kappa shape index (κ3) is 4.68. The number of fused-ring (bicyclic) bond motifs is 5. The van der Waals surface area contributed by atoms with Crippen LogP contribution in [0.3, 0.4) is 0 Å². The van der Waals surface area contributed by atoms with Gasteiger partial charge in [-0.25, -0.2) is 0 Å². The van der Waals surface area contributed by atoms with Crippen LogP contribution < -0.4 is 19.9 Å². The lowest BCUT2D eigenvalue weighted by Gasteiger charge is -2.45. The Labute approximate surface area is 227 Å². The standard InChI is InChI=1S/C32H29N3O4/c1-23-11-10-20-38-28-17-9-8-16-26(28)29(25-14-6-3-7-15-25)35-22-33(23)32(37)30-31(27(36)18-19-34(30)35)39-21-24-12-4-2-5-13-24/h2-19,23,29H,20-22H2,1H3/b11-10+. The first-order chi connectivity index (χ1) is 19.1. The van der Waals surface area contributed by atoms with E-state index in [0.717, 1.165) is 22.4 Å². The Bertz CT molecular complexity index is 1570. The number of rotatable bonds is 4. The van der Waals surface area contributed by atoms with E-state index < -0.39 is 0 Å². The average Bonchev–Trinajstić information content (AvgIpc) is 2.99. The first-order valence-corrected chi connectivity index (χ1v) is 13.1. The summed E-state index contributed by atoms with van der Waals surface area (Å²) in [5.41, 5.74) is 2.77. The van der Waals surface area contributed by atoms with Crippen molar-refractivity contribution in [2.24, 2.45) is 0 Å². The molecule has 0 saturated carbocycles. The average molecular weight is 520 g/mol. The lowest BCUT2D eigenvalue weighted by Crippen LogP contribution is -2.57. The smallest absolute Gasteiger partial charge is 0.278 e. The van der Waals surface area contributed by atoms with Crippen molar-refractivity contribution in [2.45, 2.75) is 25.6 Å². The highest BCUT2D eigenvalue weighted by Crippen LogP contribution is 2.37. The largest absolute Gasteiger partial charge is 0.489 e. The molecule has 196 valence electrons. The third-order valence-electron chi connectivity index (χ3n) is 7.17. The number of hydrogen-bond acceptors (Lipinski definition) is 5. The molecule has 0 N–H and O–H groups in total. The molecule has 0 spiro atoms. The Morgan fingerprint density at radius 3 is 2.41 bits per heavy atom. The second-order valence-electron chi connectivity index (χ2n) is 9.66. The molecule has 7 heteroatoms. The van der Waals surface area contributed by atoms with Gasteiger partial charge in [0.15, 0.2) is 11.4 Å². The molecule has 2 aliphatic rings. The highest BCUT2D eigenvalue weighted by Gasteiger charge is 2.39. The van der Waals surface area contributed by atoms with E-state index in [2.05, 4.69) is 17.1 Å². The summed E-state index contributed by atoms with van der Waals surface area (Å²) in [5, 5.41) is 2.10. The number of hydrogen-bond donors (Lipinski definition) is 0. The maximum absolute atomic E-state index is 14.1. The van der Waals surface area contributed by atoms with Crippen molar-refractivity contribution in [3.63, 3.8) is 0 Å². The van der Waals surface area contributed by atoms with Gasteiger partial charge in [0.2, 0.25) is 5.43 Å². The predicted molar refractivity (Wildman–Crippen MR) is 150 cm³/mol. The maximum Gasteiger partial charge on any atom is 0.278 e. The Hall–Kier alpha value is -4.78. The Morgan fingerprint density at radius 1 is 0.897 bits per heavy atom. The number of para-hydroxylation sites is 1. The normalized spacial score (nSPS) is 19.3. The van der Waals surface area contributed by atoms with E-state index in [4.69, 9.17) is 9.47 Å². The fraction of sp³-hybridized carbons (Fsp3) is 0.188. The van der Waals surface area contributed by atoms with Crippen LogP contribution in [0.4, 0.5) is 0 Å². The zero-order valence-electron chi connectivity index (χ0n) is 21.6. The van der Waals surface area contributed by atoms with E-state index in [9.17, 15) is 9.59 Å². The zero-order valence-corrected chi connectivity index (χ0v) is 21.6. The van der Waals surface area contributed by atoms with Gasteiger partial charge in [0.1, 0.15) is 31.7 Å². The van der Waals surface area contributed by atoms with Gasteiger partial charge in [0.25, 0.3) is 5.91 Å². The van der Waals surface area contributed by atoms with Crippen molar-refractivity contribution in [2.75, 3.05) is 18.3 Å². The monoisotopic (exact) mass is 519 g/mol. The highest BCUT2D eigenvalue weighted by molar-refractivity contribution is 5.96. The van der Waals surface area contributed by atoms with Crippen LogP contribution in [0.15, 0.2) is 114 Å². The summed E-state index contributed by atoms with van der Waals surface area (Å²) in [7, 11) is 0. The van der Waals surface area contributed by atoms with Crippen LogP contribution in [0.5, 0.6) is 11.5 Å².